The summed E-state index contributed by atoms with van der Waals surface area (Å²) >= 11 is -0.627. The van der Waals surface area contributed by atoms with Crippen LogP contribution in [-0.4, -0.2) is 53.7 Å². The molecule has 0 atom stereocenters. The van der Waals surface area contributed by atoms with Gasteiger partial charge < -0.3 is 0 Å². The fourth-order valence-corrected chi connectivity index (χ4v) is 3.22. The Bertz CT molecular complexity index is 518. The summed E-state index contributed by atoms with van der Waals surface area (Å²) in [5.74, 6) is 0.267. The SMILES string of the molecule is C[Te]C(C)(C)C(=O)NCc1ccc(CNC(=O)C(C)(C)[Te]C)cc1. The zero-order chi connectivity index (χ0) is 18.4. The van der Waals surface area contributed by atoms with E-state index in [0.29, 0.717) is 13.1 Å². The molecule has 1 aromatic carbocycles. The number of benzene rings is 1. The summed E-state index contributed by atoms with van der Waals surface area (Å²) in [5.41, 5.74) is 2.15. The molecule has 0 heterocycles. The number of rotatable bonds is 8. The van der Waals surface area contributed by atoms with Crippen LogP contribution in [0.1, 0.15) is 38.8 Å². The van der Waals surface area contributed by atoms with Crippen LogP contribution in [0.4, 0.5) is 0 Å². The van der Waals surface area contributed by atoms with E-state index in [0.717, 1.165) is 11.1 Å². The van der Waals surface area contributed by atoms with Crippen LogP contribution in [0.15, 0.2) is 24.3 Å². The second-order valence-electron chi connectivity index (χ2n) is 6.61. The van der Waals surface area contributed by atoms with Gasteiger partial charge in [0.1, 0.15) is 0 Å². The molecule has 134 valence electrons. The van der Waals surface area contributed by atoms with E-state index < -0.39 is 0 Å². The van der Waals surface area contributed by atoms with Crippen molar-refractivity contribution in [3.05, 3.63) is 35.4 Å². The normalized spacial score (nSPS) is 11.9. The van der Waals surface area contributed by atoms with E-state index in [9.17, 15) is 9.59 Å². The predicted molar refractivity (Wildman–Crippen MR) is 101 cm³/mol. The van der Waals surface area contributed by atoms with Gasteiger partial charge in [-0.1, -0.05) is 0 Å². The second kappa shape index (κ2) is 9.44. The molecule has 6 heteroatoms. The van der Waals surface area contributed by atoms with Gasteiger partial charge in [0.25, 0.3) is 0 Å². The molecule has 2 N–H and O–H groups in total. The Morgan fingerprint density at radius 3 is 1.33 bits per heavy atom. The number of hydrogen-bond acceptors (Lipinski definition) is 2. The molecule has 0 aliphatic carbocycles. The minimum absolute atomic E-state index is 0.134. The van der Waals surface area contributed by atoms with Crippen molar-refractivity contribution < 1.29 is 9.59 Å². The molecule has 0 aliphatic rings. The summed E-state index contributed by atoms with van der Waals surface area (Å²) in [6.07, 6.45) is 0. The Balaban J connectivity index is 2.52. The van der Waals surface area contributed by atoms with Crippen molar-refractivity contribution in [1.82, 2.24) is 10.6 Å². The van der Waals surface area contributed by atoms with Crippen LogP contribution in [0.2, 0.25) is 16.9 Å². The Kier molecular flexibility index (Phi) is 8.57. The fraction of sp³-hybridized carbons (Fsp3) is 0.556. The predicted octanol–water partition coefficient (Wildman–Crippen LogP) is 2.82. The molecule has 24 heavy (non-hydrogen) atoms. The van der Waals surface area contributed by atoms with E-state index in [2.05, 4.69) is 20.6 Å². The van der Waals surface area contributed by atoms with Gasteiger partial charge in [-0.3, -0.25) is 0 Å². The van der Waals surface area contributed by atoms with Crippen molar-refractivity contribution in [2.75, 3.05) is 0 Å². The van der Waals surface area contributed by atoms with Gasteiger partial charge in [0.05, 0.1) is 0 Å². The molecular weight excluding hydrogens is 531 g/mol. The van der Waals surface area contributed by atoms with E-state index in [4.69, 9.17) is 0 Å². The van der Waals surface area contributed by atoms with Crippen molar-refractivity contribution in [3.63, 3.8) is 0 Å². The molecule has 0 spiro atoms. The van der Waals surface area contributed by atoms with Gasteiger partial charge in [0.2, 0.25) is 0 Å². The van der Waals surface area contributed by atoms with Crippen LogP contribution >= 0.6 is 0 Å². The number of hydrogen-bond donors (Lipinski definition) is 2. The fourth-order valence-electron chi connectivity index (χ4n) is 1.75. The summed E-state index contributed by atoms with van der Waals surface area (Å²) in [6.45, 7) is 9.15. The van der Waals surface area contributed by atoms with Gasteiger partial charge in [0.15, 0.2) is 0 Å². The number of nitrogens with one attached hydrogen (secondary N) is 2. The van der Waals surface area contributed by atoms with Crippen LogP contribution in [-0.2, 0) is 22.7 Å². The summed E-state index contributed by atoms with van der Waals surface area (Å²) in [6, 6.07) is 8.04. The Labute approximate surface area is 166 Å². The maximum atomic E-state index is 12.1. The summed E-state index contributed by atoms with van der Waals surface area (Å²) in [7, 11) is 0. The third-order valence-corrected chi connectivity index (χ3v) is 10.9. The number of carbonyl (C=O) groups excluding carboxylic acids is 2. The average molecular weight is 560 g/mol. The molecule has 0 unspecified atom stereocenters. The van der Waals surface area contributed by atoms with Crippen molar-refractivity contribution in [3.8, 4) is 0 Å². The maximum absolute atomic E-state index is 12.1. The van der Waals surface area contributed by atoms with Gasteiger partial charge in [-0.2, -0.15) is 0 Å². The molecule has 1 rings (SSSR count). The Morgan fingerprint density at radius 2 is 1.08 bits per heavy atom. The van der Waals surface area contributed by atoms with Crippen LogP contribution in [0.3, 0.4) is 0 Å². The molecular formula is C18H28N2O2Te2. The molecule has 0 aliphatic heterocycles. The number of amides is 2. The van der Waals surface area contributed by atoms with E-state index in [-0.39, 0.29) is 60.6 Å². The molecule has 0 bridgehead atoms. The molecule has 0 saturated carbocycles. The van der Waals surface area contributed by atoms with Crippen LogP contribution in [0.5, 0.6) is 0 Å². The summed E-state index contributed by atoms with van der Waals surface area (Å²) < 4.78 is -0.408. The third-order valence-electron chi connectivity index (χ3n) is 4.04. The zero-order valence-electron chi connectivity index (χ0n) is 15.4. The molecule has 1 aromatic rings. The van der Waals surface area contributed by atoms with Gasteiger partial charge in [-0.15, -0.1) is 0 Å². The van der Waals surface area contributed by atoms with Gasteiger partial charge >= 0.3 is 167 Å². The first-order valence-electron chi connectivity index (χ1n) is 7.87. The van der Waals surface area contributed by atoms with Gasteiger partial charge in [-0.05, 0) is 0 Å². The molecule has 4 nitrogen and oxygen atoms in total. The molecule has 2 amide bonds. The topological polar surface area (TPSA) is 58.2 Å². The van der Waals surface area contributed by atoms with E-state index in [1.165, 1.54) is 0 Å². The van der Waals surface area contributed by atoms with Gasteiger partial charge in [0, 0.05) is 0 Å². The van der Waals surface area contributed by atoms with Crippen LogP contribution in [0.25, 0.3) is 0 Å². The minimum atomic E-state index is -0.313. The molecule has 0 aromatic heterocycles. The third kappa shape index (κ3) is 6.57. The van der Waals surface area contributed by atoms with E-state index >= 15 is 0 Å². The quantitative estimate of drug-likeness (QED) is 0.482. The second-order valence-corrected chi connectivity index (χ2v) is 14.8. The molecule has 0 radical (unpaired) electrons. The summed E-state index contributed by atoms with van der Waals surface area (Å²) in [4.78, 5) is 28.5. The van der Waals surface area contributed by atoms with Crippen molar-refractivity contribution in [2.24, 2.45) is 0 Å². The number of carbonyl (C=O) groups is 2. The monoisotopic (exact) mass is 564 g/mol. The average Bonchev–Trinajstić information content (AvgIpc) is 2.58. The Morgan fingerprint density at radius 1 is 0.792 bits per heavy atom. The molecule has 0 fully saturated rings. The first kappa shape index (κ1) is 21.8. The van der Waals surface area contributed by atoms with E-state index in [1.807, 2.05) is 52.0 Å². The van der Waals surface area contributed by atoms with Gasteiger partial charge in [-0.25, -0.2) is 0 Å². The zero-order valence-corrected chi connectivity index (χ0v) is 20.0. The van der Waals surface area contributed by atoms with Crippen LogP contribution < -0.4 is 10.6 Å². The van der Waals surface area contributed by atoms with Crippen molar-refractivity contribution in [1.29, 1.82) is 0 Å². The van der Waals surface area contributed by atoms with E-state index in [1.54, 1.807) is 0 Å². The molecule has 0 saturated heterocycles. The Hall–Kier alpha value is -0.261. The first-order valence-corrected chi connectivity index (χ1v) is 14.9. The van der Waals surface area contributed by atoms with Crippen LogP contribution in [0, 0.1) is 0 Å². The summed E-state index contributed by atoms with van der Waals surface area (Å²) in [5, 5.41) is 6.03. The van der Waals surface area contributed by atoms with Crippen molar-refractivity contribution >= 4 is 53.7 Å². The first-order chi connectivity index (χ1) is 11.1. The van der Waals surface area contributed by atoms with Crippen molar-refractivity contribution in [2.45, 2.75) is 57.7 Å². The standard InChI is InChI=1S/C18H28N2O2Te2/c1-17(2,23-5)15(21)19-11-13-7-9-14(10-8-13)12-20-16(22)18(3,4)24-6/h7-10H,11-12H2,1-6H3,(H,19,21)(H,20,22).